The van der Waals surface area contributed by atoms with Crippen molar-refractivity contribution in [2.75, 3.05) is 39.4 Å². The number of likely N-dealkylation sites (tertiary alicyclic amines) is 1. The number of hydrogen-bond donors (Lipinski definition) is 2. The van der Waals surface area contributed by atoms with Crippen LogP contribution >= 0.6 is 0 Å². The first-order valence-corrected chi connectivity index (χ1v) is 12.6. The van der Waals surface area contributed by atoms with E-state index < -0.39 is 23.6 Å². The normalized spacial score (nSPS) is 16.9. The van der Waals surface area contributed by atoms with Gasteiger partial charge in [-0.25, -0.2) is 0 Å². The Morgan fingerprint density at radius 2 is 1.57 bits per heavy atom. The highest BCUT2D eigenvalue weighted by Gasteiger charge is 2.46. The van der Waals surface area contributed by atoms with Gasteiger partial charge in [0.25, 0.3) is 17.6 Å². The summed E-state index contributed by atoms with van der Waals surface area (Å²) in [6.45, 7) is 8.91. The lowest BCUT2D eigenvalue weighted by Crippen LogP contribution is -2.38. The third-order valence-corrected chi connectivity index (χ3v) is 6.27. The molecule has 1 fully saturated rings. The number of nitrogens with zero attached hydrogens (tertiary/aromatic N) is 2. The molecule has 0 aromatic heterocycles. The first-order valence-electron chi connectivity index (χ1n) is 12.6. The van der Waals surface area contributed by atoms with Gasteiger partial charge in [0, 0.05) is 18.7 Å². The molecule has 1 aliphatic rings. The number of amides is 2. The number of benzene rings is 2. The number of rotatable bonds is 13. The van der Waals surface area contributed by atoms with Gasteiger partial charge in [0.1, 0.15) is 17.3 Å². The van der Waals surface area contributed by atoms with Gasteiger partial charge in [0.2, 0.25) is 0 Å². The maximum absolute atomic E-state index is 13.2. The van der Waals surface area contributed by atoms with Gasteiger partial charge in [-0.1, -0.05) is 32.9 Å². The van der Waals surface area contributed by atoms with Crippen molar-refractivity contribution in [2.45, 2.75) is 33.2 Å². The zero-order chi connectivity index (χ0) is 26.9. The molecule has 37 heavy (non-hydrogen) atoms. The fourth-order valence-corrected chi connectivity index (χ4v) is 4.23. The molecule has 1 atom stereocenters. The maximum atomic E-state index is 13.2. The summed E-state index contributed by atoms with van der Waals surface area (Å²) >= 11 is 0. The lowest BCUT2D eigenvalue weighted by atomic mass is 9.95. The van der Waals surface area contributed by atoms with Gasteiger partial charge >= 0.3 is 0 Å². The van der Waals surface area contributed by atoms with Crippen molar-refractivity contribution < 1.29 is 29.0 Å². The molecule has 9 heteroatoms. The number of ketones is 1. The lowest BCUT2D eigenvalue weighted by molar-refractivity contribution is -0.140. The van der Waals surface area contributed by atoms with E-state index in [1.54, 1.807) is 48.5 Å². The summed E-state index contributed by atoms with van der Waals surface area (Å²) in [5, 5.41) is 11.2. The summed E-state index contributed by atoms with van der Waals surface area (Å²) in [6, 6.07) is 12.7. The van der Waals surface area contributed by atoms with E-state index in [0.29, 0.717) is 42.3 Å². The highest BCUT2D eigenvalue weighted by Crippen LogP contribution is 2.39. The summed E-state index contributed by atoms with van der Waals surface area (Å²) in [5.74, 6) is -1.16. The van der Waals surface area contributed by atoms with Crippen LogP contribution in [0, 0.1) is 0 Å². The topological polar surface area (TPSA) is 122 Å². The summed E-state index contributed by atoms with van der Waals surface area (Å²) in [5.41, 5.74) is 6.22. The van der Waals surface area contributed by atoms with E-state index in [2.05, 4.69) is 4.90 Å². The molecule has 0 spiro atoms. The smallest absolute Gasteiger partial charge is 0.295 e. The lowest BCUT2D eigenvalue weighted by Gasteiger charge is -2.28. The number of Topliss-reactive ketones (excluding diaryl/α,β-unsaturated/α-hetero) is 1. The van der Waals surface area contributed by atoms with E-state index in [0.717, 1.165) is 19.5 Å². The molecule has 198 valence electrons. The molecule has 0 aliphatic carbocycles. The Morgan fingerprint density at radius 1 is 0.973 bits per heavy atom. The highest BCUT2D eigenvalue weighted by molar-refractivity contribution is 6.46. The Labute approximate surface area is 217 Å². The van der Waals surface area contributed by atoms with E-state index >= 15 is 0 Å². The number of likely N-dealkylation sites (N-methyl/N-ethyl adjacent to an activating group) is 1. The van der Waals surface area contributed by atoms with Gasteiger partial charge < -0.3 is 30.1 Å². The van der Waals surface area contributed by atoms with Crippen LogP contribution in [0.2, 0.25) is 0 Å². The summed E-state index contributed by atoms with van der Waals surface area (Å²) in [4.78, 5) is 41.1. The number of carbonyl (C=O) groups is 3. The van der Waals surface area contributed by atoms with Crippen LogP contribution in [-0.4, -0.2) is 71.9 Å². The van der Waals surface area contributed by atoms with Crippen molar-refractivity contribution in [3.63, 3.8) is 0 Å². The third kappa shape index (κ3) is 6.68. The number of ether oxygens (including phenoxy) is 2. The van der Waals surface area contributed by atoms with Crippen molar-refractivity contribution in [2.24, 2.45) is 5.73 Å². The van der Waals surface area contributed by atoms with Crippen molar-refractivity contribution >= 4 is 23.4 Å². The van der Waals surface area contributed by atoms with Crippen LogP contribution in [0.15, 0.2) is 54.1 Å². The van der Waals surface area contributed by atoms with Crippen LogP contribution in [-0.2, 0) is 14.4 Å². The molecule has 1 heterocycles. The summed E-state index contributed by atoms with van der Waals surface area (Å²) < 4.78 is 11.0. The SMILES string of the molecule is CCCOc1ccc(/C(O)=C2\C(=O)C(=O)N(CCN(CC)CC)C2c2ccc(OCC(N)=O)cc2)cc1. The van der Waals surface area contributed by atoms with E-state index in [4.69, 9.17) is 15.2 Å². The van der Waals surface area contributed by atoms with Crippen LogP contribution in [0.25, 0.3) is 5.76 Å². The summed E-state index contributed by atoms with van der Waals surface area (Å²) in [6.07, 6.45) is 0.866. The van der Waals surface area contributed by atoms with Crippen LogP contribution in [0.3, 0.4) is 0 Å². The Morgan fingerprint density at radius 3 is 2.14 bits per heavy atom. The fourth-order valence-electron chi connectivity index (χ4n) is 4.23. The zero-order valence-corrected chi connectivity index (χ0v) is 21.6. The second-order valence-corrected chi connectivity index (χ2v) is 8.72. The highest BCUT2D eigenvalue weighted by atomic mass is 16.5. The van der Waals surface area contributed by atoms with E-state index in [1.165, 1.54) is 4.90 Å². The van der Waals surface area contributed by atoms with Crippen molar-refractivity contribution in [1.82, 2.24) is 9.80 Å². The molecule has 0 saturated carbocycles. The molecule has 3 N–H and O–H groups in total. The van der Waals surface area contributed by atoms with Crippen LogP contribution < -0.4 is 15.2 Å². The molecule has 1 unspecified atom stereocenters. The monoisotopic (exact) mass is 509 g/mol. The molecule has 0 bridgehead atoms. The minimum absolute atomic E-state index is 0.0255. The molecule has 2 aromatic rings. The van der Waals surface area contributed by atoms with Crippen molar-refractivity contribution in [3.05, 3.63) is 65.2 Å². The number of carbonyl (C=O) groups excluding carboxylic acids is 3. The molecular weight excluding hydrogens is 474 g/mol. The second-order valence-electron chi connectivity index (χ2n) is 8.72. The van der Waals surface area contributed by atoms with Crippen LogP contribution in [0.5, 0.6) is 11.5 Å². The average Bonchev–Trinajstić information content (AvgIpc) is 3.16. The molecule has 2 amide bonds. The number of primary amides is 1. The number of aliphatic hydroxyl groups is 1. The molecule has 1 saturated heterocycles. The van der Waals surface area contributed by atoms with Crippen LogP contribution in [0.4, 0.5) is 0 Å². The Hall–Kier alpha value is -3.85. The molecule has 3 rings (SSSR count). The second kappa shape index (κ2) is 12.9. The minimum Gasteiger partial charge on any atom is -0.507 e. The van der Waals surface area contributed by atoms with Gasteiger partial charge in [0.05, 0.1) is 18.2 Å². The van der Waals surface area contributed by atoms with Crippen LogP contribution in [0.1, 0.15) is 44.4 Å². The van der Waals surface area contributed by atoms with Crippen molar-refractivity contribution in [3.8, 4) is 11.5 Å². The standard InChI is InChI=1S/C28H35N3O6/c1-4-17-36-21-13-9-20(10-14-21)26(33)24-25(19-7-11-22(12-8-19)37-18-23(29)32)31(28(35)27(24)34)16-15-30(5-2)6-3/h7-14,25,33H,4-6,15-18H2,1-3H3,(H2,29,32)/b26-24+. The van der Waals surface area contributed by atoms with Gasteiger partial charge in [0.15, 0.2) is 6.61 Å². The number of hydrogen-bond acceptors (Lipinski definition) is 7. The molecular formula is C28H35N3O6. The predicted molar refractivity (Wildman–Crippen MR) is 140 cm³/mol. The van der Waals surface area contributed by atoms with E-state index in [-0.39, 0.29) is 17.9 Å². The van der Waals surface area contributed by atoms with Gasteiger partial charge in [-0.15, -0.1) is 0 Å². The zero-order valence-electron chi connectivity index (χ0n) is 21.6. The van der Waals surface area contributed by atoms with Gasteiger partial charge in [-0.3, -0.25) is 14.4 Å². The Kier molecular flexibility index (Phi) is 9.68. The average molecular weight is 510 g/mol. The first-order chi connectivity index (χ1) is 17.8. The Balaban J connectivity index is 2.00. The van der Waals surface area contributed by atoms with E-state index in [1.807, 2.05) is 20.8 Å². The minimum atomic E-state index is -0.781. The largest absolute Gasteiger partial charge is 0.507 e. The third-order valence-electron chi connectivity index (χ3n) is 6.27. The Bertz CT molecular complexity index is 1120. The first kappa shape index (κ1) is 27.7. The fraction of sp³-hybridized carbons (Fsp3) is 0.393. The molecule has 9 nitrogen and oxygen atoms in total. The maximum Gasteiger partial charge on any atom is 0.295 e. The quantitative estimate of drug-likeness (QED) is 0.242. The summed E-state index contributed by atoms with van der Waals surface area (Å²) in [7, 11) is 0. The molecule has 2 aromatic carbocycles. The van der Waals surface area contributed by atoms with Gasteiger partial charge in [-0.05, 0) is 61.5 Å². The van der Waals surface area contributed by atoms with Crippen molar-refractivity contribution in [1.29, 1.82) is 0 Å². The van der Waals surface area contributed by atoms with E-state index in [9.17, 15) is 19.5 Å². The molecule has 0 radical (unpaired) electrons. The number of aliphatic hydroxyl groups excluding tert-OH is 1. The predicted octanol–water partition coefficient (Wildman–Crippen LogP) is 3.10. The molecule has 1 aliphatic heterocycles. The number of nitrogens with two attached hydrogens (primary N) is 1. The van der Waals surface area contributed by atoms with Gasteiger partial charge in [-0.2, -0.15) is 0 Å².